The average molecular weight is 350 g/mol. The van der Waals surface area contributed by atoms with Crippen molar-refractivity contribution in [1.29, 1.82) is 5.26 Å². The molecule has 0 spiro atoms. The molecule has 1 saturated heterocycles. The SMILES string of the molecule is C=CCOC(=O)[C@H](C#N)c1nc2ccccc2nc1N1CCC[C@H](C)C1. The van der Waals surface area contributed by atoms with Crippen LogP contribution in [0, 0.1) is 17.2 Å². The highest BCUT2D eigenvalue weighted by atomic mass is 16.5. The zero-order valence-electron chi connectivity index (χ0n) is 14.9. The molecule has 0 bridgehead atoms. The predicted molar refractivity (Wildman–Crippen MR) is 99.7 cm³/mol. The van der Waals surface area contributed by atoms with Crippen LogP contribution in [-0.2, 0) is 9.53 Å². The zero-order chi connectivity index (χ0) is 18.5. The molecule has 0 saturated carbocycles. The van der Waals surface area contributed by atoms with Gasteiger partial charge in [0.05, 0.1) is 17.1 Å². The van der Waals surface area contributed by atoms with Crippen molar-refractivity contribution in [2.45, 2.75) is 25.7 Å². The number of hydrogen-bond donors (Lipinski definition) is 0. The lowest BCUT2D eigenvalue weighted by molar-refractivity contribution is -0.142. The van der Waals surface area contributed by atoms with Crippen LogP contribution >= 0.6 is 0 Å². The first-order chi connectivity index (χ1) is 12.6. The number of aromatic nitrogens is 2. The van der Waals surface area contributed by atoms with Gasteiger partial charge >= 0.3 is 5.97 Å². The predicted octanol–water partition coefficient (Wildman–Crippen LogP) is 3.20. The maximum Gasteiger partial charge on any atom is 0.330 e. The molecule has 2 atom stereocenters. The second-order valence-corrected chi connectivity index (χ2v) is 6.60. The van der Waals surface area contributed by atoms with Gasteiger partial charge in [-0.05, 0) is 30.9 Å². The highest BCUT2D eigenvalue weighted by Crippen LogP contribution is 2.30. The van der Waals surface area contributed by atoms with Gasteiger partial charge in [-0.1, -0.05) is 31.7 Å². The first-order valence-corrected chi connectivity index (χ1v) is 8.82. The molecule has 0 aliphatic carbocycles. The molecule has 1 aliphatic heterocycles. The number of hydrogen-bond acceptors (Lipinski definition) is 6. The molecule has 0 unspecified atom stereocenters. The van der Waals surface area contributed by atoms with E-state index in [0.717, 1.165) is 31.4 Å². The van der Waals surface area contributed by atoms with Crippen LogP contribution in [0.2, 0.25) is 0 Å². The molecule has 3 rings (SSSR count). The average Bonchev–Trinajstić information content (AvgIpc) is 2.66. The summed E-state index contributed by atoms with van der Waals surface area (Å²) in [6, 6.07) is 9.53. The first kappa shape index (κ1) is 17.9. The van der Waals surface area contributed by atoms with Crippen molar-refractivity contribution in [3.63, 3.8) is 0 Å². The van der Waals surface area contributed by atoms with Gasteiger partial charge in [0.2, 0.25) is 0 Å². The fourth-order valence-electron chi connectivity index (χ4n) is 3.26. The Morgan fingerprint density at radius 3 is 2.85 bits per heavy atom. The minimum absolute atomic E-state index is 0.0636. The molecule has 2 aromatic rings. The number of carbonyl (C=O) groups excluding carboxylic acids is 1. The largest absolute Gasteiger partial charge is 0.460 e. The van der Waals surface area contributed by atoms with E-state index in [0.29, 0.717) is 22.9 Å². The molecule has 1 aliphatic rings. The van der Waals surface area contributed by atoms with Crippen molar-refractivity contribution < 1.29 is 9.53 Å². The molecule has 1 aromatic heterocycles. The summed E-state index contributed by atoms with van der Waals surface area (Å²) in [6.45, 7) is 7.46. The molecular formula is C20H22N4O2. The lowest BCUT2D eigenvalue weighted by Gasteiger charge is -2.33. The van der Waals surface area contributed by atoms with E-state index in [1.165, 1.54) is 6.08 Å². The monoisotopic (exact) mass is 350 g/mol. The van der Waals surface area contributed by atoms with Crippen LogP contribution in [0.4, 0.5) is 5.82 Å². The molecule has 6 heteroatoms. The van der Waals surface area contributed by atoms with Crippen molar-refractivity contribution in [2.24, 2.45) is 5.92 Å². The number of esters is 1. The van der Waals surface area contributed by atoms with Gasteiger partial charge in [0, 0.05) is 13.1 Å². The molecule has 1 fully saturated rings. The van der Waals surface area contributed by atoms with Crippen molar-refractivity contribution in [3.8, 4) is 6.07 Å². The van der Waals surface area contributed by atoms with Crippen LogP contribution < -0.4 is 4.90 Å². The molecule has 2 heterocycles. The third-order valence-electron chi connectivity index (χ3n) is 4.52. The summed E-state index contributed by atoms with van der Waals surface area (Å²) in [5.41, 5.74) is 1.78. The number of piperidine rings is 1. The van der Waals surface area contributed by atoms with Crippen molar-refractivity contribution in [2.75, 3.05) is 24.6 Å². The number of fused-ring (bicyclic) bond motifs is 1. The molecule has 134 valence electrons. The van der Waals surface area contributed by atoms with Gasteiger partial charge in [-0.3, -0.25) is 4.79 Å². The van der Waals surface area contributed by atoms with Gasteiger partial charge in [-0.2, -0.15) is 5.26 Å². The Balaban J connectivity index is 2.08. The number of carbonyl (C=O) groups is 1. The number of para-hydroxylation sites is 2. The Hall–Kier alpha value is -2.94. The van der Waals surface area contributed by atoms with E-state index in [1.54, 1.807) is 0 Å². The Labute approximate surface area is 153 Å². The van der Waals surface area contributed by atoms with Gasteiger partial charge in [-0.25, -0.2) is 9.97 Å². The maximum absolute atomic E-state index is 12.4. The summed E-state index contributed by atoms with van der Waals surface area (Å²) in [5.74, 6) is -0.599. The summed E-state index contributed by atoms with van der Waals surface area (Å²) in [7, 11) is 0. The van der Waals surface area contributed by atoms with Gasteiger partial charge < -0.3 is 9.64 Å². The van der Waals surface area contributed by atoms with E-state index in [2.05, 4.69) is 23.4 Å². The Morgan fingerprint density at radius 1 is 1.46 bits per heavy atom. The molecule has 6 nitrogen and oxygen atoms in total. The Morgan fingerprint density at radius 2 is 2.19 bits per heavy atom. The third-order valence-corrected chi connectivity index (χ3v) is 4.52. The Bertz CT molecular complexity index is 859. The number of anilines is 1. The number of ether oxygens (including phenoxy) is 1. The van der Waals surface area contributed by atoms with Gasteiger partial charge in [0.25, 0.3) is 0 Å². The number of nitriles is 1. The summed E-state index contributed by atoms with van der Waals surface area (Å²) in [4.78, 5) is 23.9. The standard InChI is InChI=1S/C20H22N4O2/c1-3-11-26-20(25)15(12-21)18-19(24-10-6-7-14(2)13-24)23-17-9-5-4-8-16(17)22-18/h3-5,8-9,14-15H,1,6-7,10-11,13H2,2H3/t14-,15+/m0/s1. The topological polar surface area (TPSA) is 79.1 Å². The summed E-state index contributed by atoms with van der Waals surface area (Å²) >= 11 is 0. The summed E-state index contributed by atoms with van der Waals surface area (Å²) in [5, 5.41) is 9.63. The van der Waals surface area contributed by atoms with Crippen molar-refractivity contribution in [3.05, 3.63) is 42.6 Å². The van der Waals surface area contributed by atoms with Crippen LogP contribution in [0.25, 0.3) is 11.0 Å². The molecule has 1 aromatic carbocycles. The number of benzene rings is 1. The molecular weight excluding hydrogens is 328 g/mol. The van der Waals surface area contributed by atoms with E-state index in [9.17, 15) is 10.1 Å². The minimum atomic E-state index is -1.11. The maximum atomic E-state index is 12.4. The molecule has 0 radical (unpaired) electrons. The van der Waals surface area contributed by atoms with Crippen molar-refractivity contribution >= 4 is 22.8 Å². The smallest absolute Gasteiger partial charge is 0.330 e. The molecule has 0 N–H and O–H groups in total. The fourth-order valence-corrected chi connectivity index (χ4v) is 3.26. The van der Waals surface area contributed by atoms with Crippen LogP contribution in [0.5, 0.6) is 0 Å². The summed E-state index contributed by atoms with van der Waals surface area (Å²) in [6.07, 6.45) is 3.69. The minimum Gasteiger partial charge on any atom is -0.460 e. The summed E-state index contributed by atoms with van der Waals surface area (Å²) < 4.78 is 5.11. The highest BCUT2D eigenvalue weighted by molar-refractivity contribution is 5.85. The quantitative estimate of drug-likeness (QED) is 0.608. The lowest BCUT2D eigenvalue weighted by Crippen LogP contribution is -2.36. The second-order valence-electron chi connectivity index (χ2n) is 6.60. The number of rotatable bonds is 5. The van der Waals surface area contributed by atoms with E-state index in [4.69, 9.17) is 9.72 Å². The fraction of sp³-hybridized carbons (Fsp3) is 0.400. The van der Waals surface area contributed by atoms with E-state index in [-0.39, 0.29) is 6.61 Å². The van der Waals surface area contributed by atoms with Crippen LogP contribution in [0.1, 0.15) is 31.4 Å². The van der Waals surface area contributed by atoms with Crippen LogP contribution in [0.3, 0.4) is 0 Å². The van der Waals surface area contributed by atoms with E-state index >= 15 is 0 Å². The van der Waals surface area contributed by atoms with Crippen LogP contribution in [0.15, 0.2) is 36.9 Å². The van der Waals surface area contributed by atoms with E-state index in [1.807, 2.05) is 30.3 Å². The molecule has 26 heavy (non-hydrogen) atoms. The number of nitrogens with zero attached hydrogens (tertiary/aromatic N) is 4. The first-order valence-electron chi connectivity index (χ1n) is 8.82. The normalized spacial score (nSPS) is 18.2. The molecule has 0 amide bonds. The van der Waals surface area contributed by atoms with Gasteiger partial charge in [-0.15, -0.1) is 0 Å². The van der Waals surface area contributed by atoms with Gasteiger partial charge in [0.15, 0.2) is 11.7 Å². The van der Waals surface area contributed by atoms with Gasteiger partial charge in [0.1, 0.15) is 12.3 Å². The highest BCUT2D eigenvalue weighted by Gasteiger charge is 2.31. The van der Waals surface area contributed by atoms with E-state index < -0.39 is 11.9 Å². The zero-order valence-corrected chi connectivity index (χ0v) is 14.9. The Kier molecular flexibility index (Phi) is 5.47. The van der Waals surface area contributed by atoms with Crippen molar-refractivity contribution in [1.82, 2.24) is 9.97 Å². The third kappa shape index (κ3) is 3.67. The van der Waals surface area contributed by atoms with Crippen LogP contribution in [-0.4, -0.2) is 35.6 Å². The lowest BCUT2D eigenvalue weighted by atomic mass is 9.99. The second kappa shape index (κ2) is 7.96.